The summed E-state index contributed by atoms with van der Waals surface area (Å²) in [5.41, 5.74) is 2.82. The minimum Gasteiger partial charge on any atom is -0.494 e. The van der Waals surface area contributed by atoms with E-state index in [1.165, 1.54) is 17.4 Å². The summed E-state index contributed by atoms with van der Waals surface area (Å²) in [6.45, 7) is 4.53. The van der Waals surface area contributed by atoms with Crippen LogP contribution in [0.1, 0.15) is 29.8 Å². The summed E-state index contributed by atoms with van der Waals surface area (Å²) >= 11 is 4.71. The highest BCUT2D eigenvalue weighted by molar-refractivity contribution is 9.10. The van der Waals surface area contributed by atoms with Gasteiger partial charge in [0.25, 0.3) is 0 Å². The van der Waals surface area contributed by atoms with Gasteiger partial charge in [-0.05, 0) is 55.3 Å². The van der Waals surface area contributed by atoms with Crippen LogP contribution in [0.25, 0.3) is 17.2 Å². The minimum absolute atomic E-state index is 0.249. The molecule has 1 amide bonds. The summed E-state index contributed by atoms with van der Waals surface area (Å²) in [4.78, 5) is 25.1. The van der Waals surface area contributed by atoms with E-state index in [1.807, 2.05) is 60.8 Å². The molecule has 0 aliphatic heterocycles. The Balaban J connectivity index is 1.80. The Morgan fingerprint density at radius 1 is 1.03 bits per heavy atom. The van der Waals surface area contributed by atoms with Crippen LogP contribution < -0.4 is 10.1 Å². The summed E-state index contributed by atoms with van der Waals surface area (Å²) < 4.78 is 11.6. The summed E-state index contributed by atoms with van der Waals surface area (Å²) in [6.07, 6.45) is 3.14. The predicted octanol–water partition coefficient (Wildman–Crippen LogP) is 6.40. The van der Waals surface area contributed by atoms with Gasteiger partial charge in [-0.15, -0.1) is 11.3 Å². The Kier molecular flexibility index (Phi) is 8.03. The van der Waals surface area contributed by atoms with E-state index in [9.17, 15) is 9.59 Å². The second-order valence-corrected chi connectivity index (χ2v) is 8.20. The number of amides is 1. The van der Waals surface area contributed by atoms with Gasteiger partial charge in [-0.25, -0.2) is 4.79 Å². The molecule has 1 N–H and O–H groups in total. The van der Waals surface area contributed by atoms with Gasteiger partial charge in [0, 0.05) is 21.5 Å². The number of halogens is 1. The average Bonchev–Trinajstić information content (AvgIpc) is 3.17. The van der Waals surface area contributed by atoms with Crippen LogP contribution >= 0.6 is 27.3 Å². The van der Waals surface area contributed by atoms with Crippen LogP contribution in [0.15, 0.2) is 64.5 Å². The molecule has 0 saturated carbocycles. The third-order valence-electron chi connectivity index (χ3n) is 4.28. The Hall–Kier alpha value is -2.90. The fourth-order valence-electron chi connectivity index (χ4n) is 2.87. The fourth-order valence-corrected chi connectivity index (χ4v) is 4.09. The summed E-state index contributed by atoms with van der Waals surface area (Å²) in [5, 5.41) is 5.12. The maximum Gasteiger partial charge on any atom is 0.341 e. The molecule has 3 aromatic rings. The molecule has 2 aromatic carbocycles. The number of benzene rings is 2. The van der Waals surface area contributed by atoms with Crippen molar-refractivity contribution in [1.82, 2.24) is 0 Å². The molecular formula is C24H22BrNO4S. The van der Waals surface area contributed by atoms with Crippen LogP contribution in [0.5, 0.6) is 5.75 Å². The van der Waals surface area contributed by atoms with Crippen molar-refractivity contribution in [1.29, 1.82) is 0 Å². The standard InChI is InChI=1S/C24H22BrNO4S/c1-3-29-19-12-5-16(6-13-19)7-14-21(27)26-23-22(24(28)30-4-2)20(15-31-23)17-8-10-18(25)11-9-17/h5-15H,3-4H2,1-2H3,(H,26,27)/b14-7+. The molecule has 160 valence electrons. The normalized spacial score (nSPS) is 10.8. The van der Waals surface area contributed by atoms with Crippen molar-refractivity contribution in [2.24, 2.45) is 0 Å². The zero-order chi connectivity index (χ0) is 22.2. The van der Waals surface area contributed by atoms with Gasteiger partial charge in [-0.1, -0.05) is 40.2 Å². The first-order valence-corrected chi connectivity index (χ1v) is 11.5. The molecule has 0 radical (unpaired) electrons. The molecule has 31 heavy (non-hydrogen) atoms. The van der Waals surface area contributed by atoms with E-state index < -0.39 is 5.97 Å². The zero-order valence-corrected chi connectivity index (χ0v) is 19.6. The number of ether oxygens (including phenoxy) is 2. The Labute approximate surface area is 193 Å². The topological polar surface area (TPSA) is 64.6 Å². The number of thiophene rings is 1. The van der Waals surface area contributed by atoms with Crippen LogP contribution in [-0.2, 0) is 9.53 Å². The Morgan fingerprint density at radius 2 is 1.74 bits per heavy atom. The van der Waals surface area contributed by atoms with Crippen molar-refractivity contribution >= 4 is 50.2 Å². The lowest BCUT2D eigenvalue weighted by molar-refractivity contribution is -0.111. The average molecular weight is 500 g/mol. The smallest absolute Gasteiger partial charge is 0.341 e. The number of carbonyl (C=O) groups is 2. The van der Waals surface area contributed by atoms with Gasteiger partial charge in [0.15, 0.2) is 0 Å². The number of rotatable bonds is 8. The third-order valence-corrected chi connectivity index (χ3v) is 5.70. The molecular weight excluding hydrogens is 478 g/mol. The van der Waals surface area contributed by atoms with E-state index in [-0.39, 0.29) is 12.5 Å². The molecule has 0 aliphatic carbocycles. The number of nitrogens with one attached hydrogen (secondary N) is 1. The quantitative estimate of drug-likeness (QED) is 0.287. The van der Waals surface area contributed by atoms with E-state index in [2.05, 4.69) is 21.2 Å². The van der Waals surface area contributed by atoms with Crippen molar-refractivity contribution in [3.63, 3.8) is 0 Å². The largest absolute Gasteiger partial charge is 0.494 e. The van der Waals surface area contributed by atoms with E-state index in [0.29, 0.717) is 17.2 Å². The van der Waals surface area contributed by atoms with Crippen molar-refractivity contribution in [3.8, 4) is 16.9 Å². The molecule has 5 nitrogen and oxygen atoms in total. The molecule has 1 heterocycles. The Morgan fingerprint density at radius 3 is 2.39 bits per heavy atom. The highest BCUT2D eigenvalue weighted by Crippen LogP contribution is 2.36. The van der Waals surface area contributed by atoms with Gasteiger partial charge in [0.2, 0.25) is 5.91 Å². The number of hydrogen-bond acceptors (Lipinski definition) is 5. The lowest BCUT2D eigenvalue weighted by Gasteiger charge is -2.08. The fraction of sp³-hybridized carbons (Fsp3) is 0.167. The van der Waals surface area contributed by atoms with Crippen LogP contribution in [0, 0.1) is 0 Å². The zero-order valence-electron chi connectivity index (χ0n) is 17.2. The lowest BCUT2D eigenvalue weighted by atomic mass is 10.0. The van der Waals surface area contributed by atoms with Gasteiger partial charge < -0.3 is 14.8 Å². The van der Waals surface area contributed by atoms with E-state index in [1.54, 1.807) is 13.0 Å². The highest BCUT2D eigenvalue weighted by atomic mass is 79.9. The maximum absolute atomic E-state index is 12.6. The molecule has 0 unspecified atom stereocenters. The summed E-state index contributed by atoms with van der Waals surface area (Å²) in [5.74, 6) is -0.0154. The molecule has 0 aliphatic rings. The Bertz CT molecular complexity index is 1070. The highest BCUT2D eigenvalue weighted by Gasteiger charge is 2.22. The van der Waals surface area contributed by atoms with Crippen molar-refractivity contribution in [2.75, 3.05) is 18.5 Å². The van der Waals surface area contributed by atoms with Gasteiger partial charge in [-0.3, -0.25) is 4.79 Å². The van der Waals surface area contributed by atoms with Gasteiger partial charge in [-0.2, -0.15) is 0 Å². The van der Waals surface area contributed by atoms with Crippen LogP contribution in [0.2, 0.25) is 0 Å². The number of esters is 1. The molecule has 7 heteroatoms. The van der Waals surface area contributed by atoms with E-state index in [0.717, 1.165) is 26.9 Å². The monoisotopic (exact) mass is 499 g/mol. The SMILES string of the molecule is CCOC(=O)c1c(-c2ccc(Br)cc2)csc1NC(=O)/C=C/c1ccc(OCC)cc1. The van der Waals surface area contributed by atoms with Gasteiger partial charge >= 0.3 is 5.97 Å². The molecule has 3 rings (SSSR count). The van der Waals surface area contributed by atoms with Gasteiger partial charge in [0.05, 0.1) is 13.2 Å². The van der Waals surface area contributed by atoms with Crippen molar-refractivity contribution in [2.45, 2.75) is 13.8 Å². The lowest BCUT2D eigenvalue weighted by Crippen LogP contribution is -2.12. The second kappa shape index (κ2) is 10.9. The molecule has 0 bridgehead atoms. The number of carbonyl (C=O) groups excluding carboxylic acids is 2. The molecule has 0 fully saturated rings. The second-order valence-electron chi connectivity index (χ2n) is 6.41. The van der Waals surface area contributed by atoms with Crippen molar-refractivity contribution in [3.05, 3.63) is 75.6 Å². The van der Waals surface area contributed by atoms with Crippen LogP contribution in [-0.4, -0.2) is 25.1 Å². The third kappa shape index (κ3) is 6.06. The number of anilines is 1. The predicted molar refractivity (Wildman–Crippen MR) is 129 cm³/mol. The summed E-state index contributed by atoms with van der Waals surface area (Å²) in [7, 11) is 0. The van der Waals surface area contributed by atoms with E-state index >= 15 is 0 Å². The molecule has 1 aromatic heterocycles. The maximum atomic E-state index is 12.6. The number of hydrogen-bond donors (Lipinski definition) is 1. The first-order valence-electron chi connectivity index (χ1n) is 9.78. The first kappa shape index (κ1) is 22.8. The molecule has 0 saturated heterocycles. The van der Waals surface area contributed by atoms with Crippen molar-refractivity contribution < 1.29 is 19.1 Å². The first-order chi connectivity index (χ1) is 15.0. The van der Waals surface area contributed by atoms with Gasteiger partial charge in [0.1, 0.15) is 16.3 Å². The van der Waals surface area contributed by atoms with Crippen LogP contribution in [0.3, 0.4) is 0 Å². The summed E-state index contributed by atoms with van der Waals surface area (Å²) in [6, 6.07) is 15.1. The van der Waals surface area contributed by atoms with Crippen LogP contribution in [0.4, 0.5) is 5.00 Å². The van der Waals surface area contributed by atoms with E-state index in [4.69, 9.17) is 9.47 Å². The minimum atomic E-state index is -0.465. The molecule has 0 atom stereocenters. The molecule has 0 spiro atoms.